The fourth-order valence-electron chi connectivity index (χ4n) is 2.35. The second kappa shape index (κ2) is 5.96. The van der Waals surface area contributed by atoms with Crippen LogP contribution in [0.15, 0.2) is 42.5 Å². The Morgan fingerprint density at radius 2 is 1.59 bits per heavy atom. The van der Waals surface area contributed by atoms with E-state index in [2.05, 4.69) is 0 Å². The van der Waals surface area contributed by atoms with Crippen molar-refractivity contribution < 1.29 is 13.2 Å². The van der Waals surface area contributed by atoms with E-state index in [1.807, 2.05) is 36.4 Å². The Morgan fingerprint density at radius 1 is 1.00 bits per heavy atom. The Balaban J connectivity index is 2.50. The topological polar surface area (TPSA) is 57.7 Å². The molecule has 0 aromatic heterocycles. The maximum absolute atomic E-state index is 12.7. The maximum Gasteiger partial charge on any atom is 0.246 e. The van der Waals surface area contributed by atoms with Gasteiger partial charge in [-0.15, -0.1) is 0 Å². The number of rotatable bonds is 4. The SMILES string of the molecule is C[C@@H](C(=O)N(C)C)S(=O)(=O)N(C)c1cccc2ccccc12. The van der Waals surface area contributed by atoms with E-state index in [0.717, 1.165) is 10.8 Å². The zero-order valence-electron chi connectivity index (χ0n) is 13.1. The van der Waals surface area contributed by atoms with Crippen LogP contribution in [0.4, 0.5) is 5.69 Å². The predicted molar refractivity (Wildman–Crippen MR) is 89.4 cm³/mol. The highest BCUT2D eigenvalue weighted by molar-refractivity contribution is 7.94. The van der Waals surface area contributed by atoms with Gasteiger partial charge in [-0.1, -0.05) is 36.4 Å². The fourth-order valence-corrected chi connectivity index (χ4v) is 3.72. The molecule has 118 valence electrons. The minimum absolute atomic E-state index is 0.438. The van der Waals surface area contributed by atoms with Crippen LogP contribution in [0.1, 0.15) is 6.92 Å². The van der Waals surface area contributed by atoms with Gasteiger partial charge in [-0.05, 0) is 18.4 Å². The molecule has 0 saturated heterocycles. The second-order valence-electron chi connectivity index (χ2n) is 5.39. The lowest BCUT2D eigenvalue weighted by Gasteiger charge is -2.26. The first-order valence-electron chi connectivity index (χ1n) is 6.93. The van der Waals surface area contributed by atoms with Gasteiger partial charge < -0.3 is 4.90 Å². The largest absolute Gasteiger partial charge is 0.348 e. The summed E-state index contributed by atoms with van der Waals surface area (Å²) < 4.78 is 26.6. The summed E-state index contributed by atoms with van der Waals surface area (Å²) in [6.07, 6.45) is 0. The van der Waals surface area contributed by atoms with E-state index in [1.54, 1.807) is 20.2 Å². The van der Waals surface area contributed by atoms with Crippen LogP contribution < -0.4 is 4.31 Å². The lowest BCUT2D eigenvalue weighted by molar-refractivity contribution is -0.127. The van der Waals surface area contributed by atoms with Crippen LogP contribution in [0, 0.1) is 0 Å². The van der Waals surface area contributed by atoms with Gasteiger partial charge >= 0.3 is 0 Å². The first-order chi connectivity index (χ1) is 10.3. The number of nitrogens with zero attached hydrogens (tertiary/aromatic N) is 2. The molecular formula is C16H20N2O3S. The lowest BCUT2D eigenvalue weighted by Crippen LogP contribution is -2.43. The van der Waals surface area contributed by atoms with Crippen LogP contribution in [0.5, 0.6) is 0 Å². The van der Waals surface area contributed by atoms with Gasteiger partial charge in [0.25, 0.3) is 0 Å². The van der Waals surface area contributed by atoms with Crippen molar-refractivity contribution in [1.29, 1.82) is 0 Å². The number of carbonyl (C=O) groups is 1. The number of anilines is 1. The van der Waals surface area contributed by atoms with Crippen LogP contribution in [0.2, 0.25) is 0 Å². The van der Waals surface area contributed by atoms with E-state index >= 15 is 0 Å². The zero-order valence-corrected chi connectivity index (χ0v) is 14.0. The highest BCUT2D eigenvalue weighted by Gasteiger charge is 2.33. The minimum Gasteiger partial charge on any atom is -0.348 e. The summed E-state index contributed by atoms with van der Waals surface area (Å²) in [6.45, 7) is 1.42. The number of hydrogen-bond donors (Lipinski definition) is 0. The Morgan fingerprint density at radius 3 is 2.23 bits per heavy atom. The van der Waals surface area contributed by atoms with Gasteiger partial charge in [0.15, 0.2) is 5.25 Å². The summed E-state index contributed by atoms with van der Waals surface area (Å²) in [5.74, 6) is -0.438. The summed E-state index contributed by atoms with van der Waals surface area (Å²) in [7, 11) is 0.793. The zero-order chi connectivity index (χ0) is 16.5. The van der Waals surface area contributed by atoms with Crippen molar-refractivity contribution >= 4 is 32.4 Å². The molecule has 0 fully saturated rings. The predicted octanol–water partition coefficient (Wildman–Crippen LogP) is 2.08. The molecule has 22 heavy (non-hydrogen) atoms. The Kier molecular flexibility index (Phi) is 4.42. The molecule has 0 spiro atoms. The molecule has 0 saturated carbocycles. The van der Waals surface area contributed by atoms with E-state index < -0.39 is 21.2 Å². The summed E-state index contributed by atoms with van der Waals surface area (Å²) in [6, 6.07) is 13.0. The average molecular weight is 320 g/mol. The number of benzene rings is 2. The summed E-state index contributed by atoms with van der Waals surface area (Å²) in [4.78, 5) is 13.3. The van der Waals surface area contributed by atoms with Gasteiger partial charge in [0, 0.05) is 26.5 Å². The average Bonchev–Trinajstić information content (AvgIpc) is 2.51. The van der Waals surface area contributed by atoms with Crippen molar-refractivity contribution in [1.82, 2.24) is 4.90 Å². The van der Waals surface area contributed by atoms with Crippen molar-refractivity contribution in [2.24, 2.45) is 0 Å². The summed E-state index contributed by atoms with van der Waals surface area (Å²) >= 11 is 0. The van der Waals surface area contributed by atoms with Crippen LogP contribution in [0.25, 0.3) is 10.8 Å². The van der Waals surface area contributed by atoms with Gasteiger partial charge in [0.1, 0.15) is 0 Å². The number of sulfonamides is 1. The van der Waals surface area contributed by atoms with Crippen LogP contribution >= 0.6 is 0 Å². The number of fused-ring (bicyclic) bond motifs is 1. The van der Waals surface area contributed by atoms with Crippen molar-refractivity contribution in [2.45, 2.75) is 12.2 Å². The van der Waals surface area contributed by atoms with Gasteiger partial charge in [-0.25, -0.2) is 8.42 Å². The van der Waals surface area contributed by atoms with E-state index in [9.17, 15) is 13.2 Å². The third-order valence-corrected chi connectivity index (χ3v) is 5.78. The number of hydrogen-bond acceptors (Lipinski definition) is 3. The highest BCUT2D eigenvalue weighted by atomic mass is 32.2. The highest BCUT2D eigenvalue weighted by Crippen LogP contribution is 2.28. The standard InChI is InChI=1S/C16H20N2O3S/c1-12(16(19)17(2)3)22(20,21)18(4)15-11-7-9-13-8-5-6-10-14(13)15/h5-12H,1-4H3/t12-/m0/s1. The number of amides is 1. The Hall–Kier alpha value is -2.08. The molecule has 0 aliphatic rings. The Labute approximate surface area is 131 Å². The van der Waals surface area contributed by atoms with Crippen LogP contribution in [0.3, 0.4) is 0 Å². The van der Waals surface area contributed by atoms with Crippen molar-refractivity contribution in [3.05, 3.63) is 42.5 Å². The second-order valence-corrected chi connectivity index (χ2v) is 7.67. The van der Waals surface area contributed by atoms with E-state index in [1.165, 1.54) is 23.2 Å². The number of carbonyl (C=O) groups excluding carboxylic acids is 1. The van der Waals surface area contributed by atoms with E-state index in [-0.39, 0.29) is 0 Å². The molecule has 2 aromatic carbocycles. The molecule has 0 aliphatic carbocycles. The molecule has 5 nitrogen and oxygen atoms in total. The fraction of sp³-hybridized carbons (Fsp3) is 0.312. The van der Waals surface area contributed by atoms with E-state index in [4.69, 9.17) is 0 Å². The Bertz CT molecular complexity index is 795. The summed E-state index contributed by atoms with van der Waals surface area (Å²) in [5, 5.41) is 0.653. The molecule has 2 rings (SSSR count). The smallest absolute Gasteiger partial charge is 0.246 e. The molecular weight excluding hydrogens is 300 g/mol. The molecule has 0 N–H and O–H groups in total. The maximum atomic E-state index is 12.7. The molecule has 1 amide bonds. The quantitative estimate of drug-likeness (QED) is 0.866. The monoisotopic (exact) mass is 320 g/mol. The lowest BCUT2D eigenvalue weighted by atomic mass is 10.1. The van der Waals surface area contributed by atoms with Gasteiger partial charge in [-0.2, -0.15) is 0 Å². The van der Waals surface area contributed by atoms with Crippen molar-refractivity contribution in [3.63, 3.8) is 0 Å². The molecule has 1 atom stereocenters. The van der Waals surface area contributed by atoms with Crippen molar-refractivity contribution in [2.75, 3.05) is 25.4 Å². The third-order valence-electron chi connectivity index (χ3n) is 3.72. The van der Waals surface area contributed by atoms with Crippen LogP contribution in [-0.4, -0.2) is 45.6 Å². The first-order valence-corrected chi connectivity index (χ1v) is 8.44. The summed E-state index contributed by atoms with van der Waals surface area (Å²) in [5.41, 5.74) is 0.566. The van der Waals surface area contributed by atoms with Crippen LogP contribution in [-0.2, 0) is 14.8 Å². The first kappa shape index (κ1) is 16.3. The molecule has 0 unspecified atom stereocenters. The molecule has 0 bridgehead atoms. The minimum atomic E-state index is -3.79. The van der Waals surface area contributed by atoms with Gasteiger partial charge in [0.2, 0.25) is 15.9 Å². The van der Waals surface area contributed by atoms with Gasteiger partial charge in [0.05, 0.1) is 5.69 Å². The molecule has 0 heterocycles. The van der Waals surface area contributed by atoms with E-state index in [0.29, 0.717) is 5.69 Å². The normalized spacial score (nSPS) is 12.9. The van der Waals surface area contributed by atoms with Gasteiger partial charge in [-0.3, -0.25) is 9.10 Å². The molecule has 0 radical (unpaired) electrons. The third kappa shape index (κ3) is 2.78. The molecule has 0 aliphatic heterocycles. The van der Waals surface area contributed by atoms with Crippen molar-refractivity contribution in [3.8, 4) is 0 Å². The molecule has 2 aromatic rings. The molecule has 6 heteroatoms.